The molecule has 0 saturated heterocycles. The van der Waals surface area contributed by atoms with E-state index in [1.807, 2.05) is 30.3 Å². The summed E-state index contributed by atoms with van der Waals surface area (Å²) in [5, 5.41) is 9.58. The quantitative estimate of drug-likeness (QED) is 0.382. The number of hydrogen-bond donors (Lipinski definition) is 1. The average molecular weight is 479 g/mol. The summed E-state index contributed by atoms with van der Waals surface area (Å²) in [6.45, 7) is 1.76. The number of rotatable bonds is 8. The topological polar surface area (TPSA) is 55.8 Å². The van der Waals surface area contributed by atoms with E-state index < -0.39 is 23.5 Å². The standard InChI is InChI=1S/C29H28F2O4/c1-16(29(32)33)27(17-6-7-17)18-4-3-5-20(14-18)35-26-13-11-22-21(26)9-10-23(28(22)31)24-15-19(34-2)8-12-25(24)30/h3-5,8-10,12,14-17,26-27H,6-7,11,13H2,1-2H3,(H,32,33)/t16-,26+,27-/m0/s1. The molecule has 0 radical (unpaired) electrons. The van der Waals surface area contributed by atoms with Gasteiger partial charge < -0.3 is 14.6 Å². The second-order valence-corrected chi connectivity index (χ2v) is 9.55. The lowest BCUT2D eigenvalue weighted by atomic mass is 9.83. The second kappa shape index (κ2) is 9.33. The molecule has 4 nitrogen and oxygen atoms in total. The Hall–Kier alpha value is -3.41. The molecule has 2 aliphatic carbocycles. The van der Waals surface area contributed by atoms with Crippen LogP contribution in [0.5, 0.6) is 11.5 Å². The highest BCUT2D eigenvalue weighted by Gasteiger charge is 2.39. The van der Waals surface area contributed by atoms with Crippen LogP contribution in [0, 0.1) is 23.5 Å². The number of hydrogen-bond acceptors (Lipinski definition) is 3. The first-order valence-electron chi connectivity index (χ1n) is 12.0. The highest BCUT2D eigenvalue weighted by molar-refractivity contribution is 5.71. The summed E-state index contributed by atoms with van der Waals surface area (Å²) >= 11 is 0. The van der Waals surface area contributed by atoms with E-state index in [1.54, 1.807) is 13.0 Å². The van der Waals surface area contributed by atoms with Gasteiger partial charge in [-0.25, -0.2) is 8.78 Å². The second-order valence-electron chi connectivity index (χ2n) is 9.55. The number of fused-ring (bicyclic) bond motifs is 1. The Kier molecular flexibility index (Phi) is 6.22. The smallest absolute Gasteiger partial charge is 0.306 e. The molecule has 5 rings (SSSR count). The largest absolute Gasteiger partial charge is 0.497 e. The van der Waals surface area contributed by atoms with Gasteiger partial charge in [-0.1, -0.05) is 31.2 Å². The molecule has 1 fully saturated rings. The van der Waals surface area contributed by atoms with Crippen molar-refractivity contribution >= 4 is 5.97 Å². The van der Waals surface area contributed by atoms with Crippen molar-refractivity contribution in [3.63, 3.8) is 0 Å². The van der Waals surface area contributed by atoms with Crippen LogP contribution in [0.15, 0.2) is 54.6 Å². The number of carboxylic acid groups (broad SMARTS) is 1. The van der Waals surface area contributed by atoms with Crippen molar-refractivity contribution < 1.29 is 28.2 Å². The summed E-state index contributed by atoms with van der Waals surface area (Å²) in [6.07, 6.45) is 2.86. The first-order chi connectivity index (χ1) is 16.9. The molecular weight excluding hydrogens is 450 g/mol. The van der Waals surface area contributed by atoms with Gasteiger partial charge in [-0.15, -0.1) is 0 Å². The lowest BCUT2D eigenvalue weighted by molar-refractivity contribution is -0.142. The Morgan fingerprint density at radius 2 is 1.80 bits per heavy atom. The molecule has 0 aromatic heterocycles. The van der Waals surface area contributed by atoms with E-state index in [0.29, 0.717) is 35.8 Å². The van der Waals surface area contributed by atoms with E-state index in [9.17, 15) is 14.3 Å². The molecule has 3 aromatic carbocycles. The number of ether oxygens (including phenoxy) is 2. The third kappa shape index (κ3) is 4.49. The number of carbonyl (C=O) groups is 1. The molecule has 3 atom stereocenters. The van der Waals surface area contributed by atoms with Crippen LogP contribution in [0.1, 0.15) is 54.9 Å². The molecule has 3 aromatic rings. The lowest BCUT2D eigenvalue weighted by Gasteiger charge is -2.22. The van der Waals surface area contributed by atoms with Crippen molar-refractivity contribution in [1.29, 1.82) is 0 Å². The van der Waals surface area contributed by atoms with Crippen molar-refractivity contribution in [3.8, 4) is 22.6 Å². The molecule has 6 heteroatoms. The van der Waals surface area contributed by atoms with Crippen molar-refractivity contribution in [2.75, 3.05) is 7.11 Å². The maximum Gasteiger partial charge on any atom is 0.306 e. The normalized spacial score (nSPS) is 18.6. The van der Waals surface area contributed by atoms with Crippen molar-refractivity contribution in [1.82, 2.24) is 0 Å². The predicted octanol–water partition coefficient (Wildman–Crippen LogP) is 6.92. The molecule has 0 spiro atoms. The molecule has 0 aliphatic heterocycles. The van der Waals surface area contributed by atoms with Crippen LogP contribution in [0.3, 0.4) is 0 Å². The third-order valence-electron chi connectivity index (χ3n) is 7.33. The fourth-order valence-corrected chi connectivity index (χ4v) is 5.33. The fraction of sp³-hybridized carbons (Fsp3) is 0.345. The summed E-state index contributed by atoms with van der Waals surface area (Å²) in [6, 6.07) is 15.3. The molecule has 182 valence electrons. The Bertz CT molecular complexity index is 1270. The van der Waals surface area contributed by atoms with Crippen LogP contribution in [-0.4, -0.2) is 18.2 Å². The van der Waals surface area contributed by atoms with Gasteiger partial charge in [0.15, 0.2) is 0 Å². The zero-order chi connectivity index (χ0) is 24.7. The highest BCUT2D eigenvalue weighted by Crippen LogP contribution is 2.48. The van der Waals surface area contributed by atoms with Gasteiger partial charge in [0, 0.05) is 11.1 Å². The minimum atomic E-state index is -0.795. The molecule has 0 unspecified atom stereocenters. The Morgan fingerprint density at radius 3 is 2.51 bits per heavy atom. The fourth-order valence-electron chi connectivity index (χ4n) is 5.33. The summed E-state index contributed by atoms with van der Waals surface area (Å²) in [5.41, 5.74) is 2.64. The van der Waals surface area contributed by atoms with Crippen molar-refractivity contribution in [2.24, 2.45) is 11.8 Å². The SMILES string of the molecule is COc1ccc(F)c(-c2ccc3c(c2F)CC[C@H]3Oc2cccc([C@H](C3CC3)[C@H](C)C(=O)O)c2)c1. The number of benzene rings is 3. The van der Waals surface area contributed by atoms with E-state index in [0.717, 1.165) is 24.0 Å². The van der Waals surface area contributed by atoms with Gasteiger partial charge in [0.25, 0.3) is 0 Å². The van der Waals surface area contributed by atoms with Crippen molar-refractivity contribution in [2.45, 2.75) is 44.6 Å². The van der Waals surface area contributed by atoms with Gasteiger partial charge in [0.1, 0.15) is 29.2 Å². The molecule has 0 heterocycles. The molecule has 35 heavy (non-hydrogen) atoms. The van der Waals surface area contributed by atoms with Crippen LogP contribution in [0.25, 0.3) is 11.1 Å². The Labute approximate surface area is 203 Å². The maximum atomic E-state index is 15.5. The van der Waals surface area contributed by atoms with Gasteiger partial charge in [0.2, 0.25) is 0 Å². The van der Waals surface area contributed by atoms with E-state index in [2.05, 4.69) is 0 Å². The van der Waals surface area contributed by atoms with E-state index >= 15 is 4.39 Å². The van der Waals surface area contributed by atoms with Gasteiger partial charge >= 0.3 is 5.97 Å². The van der Waals surface area contributed by atoms with E-state index in [-0.39, 0.29) is 23.1 Å². The zero-order valence-corrected chi connectivity index (χ0v) is 19.8. The van der Waals surface area contributed by atoms with Gasteiger partial charge in [-0.2, -0.15) is 0 Å². The van der Waals surface area contributed by atoms with Crippen LogP contribution in [0.4, 0.5) is 8.78 Å². The molecule has 0 bridgehead atoms. The molecule has 1 saturated carbocycles. The van der Waals surface area contributed by atoms with Gasteiger partial charge in [0.05, 0.1) is 13.0 Å². The molecule has 2 aliphatic rings. The first-order valence-corrected chi connectivity index (χ1v) is 12.0. The molecule has 0 amide bonds. The van der Waals surface area contributed by atoms with E-state index in [4.69, 9.17) is 9.47 Å². The minimum Gasteiger partial charge on any atom is -0.497 e. The number of aliphatic carboxylic acids is 1. The lowest BCUT2D eigenvalue weighted by Crippen LogP contribution is -2.20. The van der Waals surface area contributed by atoms with Crippen molar-refractivity contribution in [3.05, 3.63) is 82.9 Å². The average Bonchev–Trinajstić information content (AvgIpc) is 3.60. The van der Waals surface area contributed by atoms with E-state index in [1.165, 1.54) is 25.3 Å². The van der Waals surface area contributed by atoms with Crippen LogP contribution in [-0.2, 0) is 11.2 Å². The van der Waals surface area contributed by atoms with Crippen LogP contribution in [0.2, 0.25) is 0 Å². The molecule has 1 N–H and O–H groups in total. The summed E-state index contributed by atoms with van der Waals surface area (Å²) < 4.78 is 41.4. The number of halogens is 2. The highest BCUT2D eigenvalue weighted by atomic mass is 19.1. The predicted molar refractivity (Wildman–Crippen MR) is 129 cm³/mol. The zero-order valence-electron chi connectivity index (χ0n) is 19.8. The summed E-state index contributed by atoms with van der Waals surface area (Å²) in [4.78, 5) is 11.7. The molecular formula is C29H28F2O4. The van der Waals surface area contributed by atoms with Crippen LogP contribution < -0.4 is 9.47 Å². The maximum absolute atomic E-state index is 15.5. The Balaban J connectivity index is 1.41. The minimum absolute atomic E-state index is 0.0512. The summed E-state index contributed by atoms with van der Waals surface area (Å²) in [5.74, 6) is -0.772. The Morgan fingerprint density at radius 1 is 1.00 bits per heavy atom. The first kappa shape index (κ1) is 23.3. The van der Waals surface area contributed by atoms with Crippen LogP contribution >= 0.6 is 0 Å². The van der Waals surface area contributed by atoms with Gasteiger partial charge in [-0.3, -0.25) is 4.79 Å². The van der Waals surface area contributed by atoms with Gasteiger partial charge in [-0.05, 0) is 84.5 Å². The number of carboxylic acids is 1. The third-order valence-corrected chi connectivity index (χ3v) is 7.33. The number of methoxy groups -OCH3 is 1. The summed E-state index contributed by atoms with van der Waals surface area (Å²) in [7, 11) is 1.49. The monoisotopic (exact) mass is 478 g/mol.